The van der Waals surface area contributed by atoms with Crippen LogP contribution in [0.4, 0.5) is 0 Å². The van der Waals surface area contributed by atoms with Gasteiger partial charge in [-0.2, -0.15) is 5.10 Å². The van der Waals surface area contributed by atoms with Gasteiger partial charge in [-0.3, -0.25) is 4.79 Å². The number of aromatic nitrogens is 3. The van der Waals surface area contributed by atoms with Crippen LogP contribution in [0, 0.1) is 13.8 Å². The maximum Gasteiger partial charge on any atom is 0.339 e. The summed E-state index contributed by atoms with van der Waals surface area (Å²) in [7, 11) is 1.69. The summed E-state index contributed by atoms with van der Waals surface area (Å²) < 4.78 is 13.1. The predicted molar refractivity (Wildman–Crippen MR) is 133 cm³/mol. The smallest absolute Gasteiger partial charge is 0.339 e. The first kappa shape index (κ1) is 24.2. The molecule has 3 heterocycles. The molecule has 35 heavy (non-hydrogen) atoms. The van der Waals surface area contributed by atoms with Crippen LogP contribution in [0.5, 0.6) is 0 Å². The number of esters is 1. The van der Waals surface area contributed by atoms with Crippen LogP contribution in [0.2, 0.25) is 0 Å². The van der Waals surface area contributed by atoms with Gasteiger partial charge in [0, 0.05) is 25.2 Å². The number of amides is 1. The van der Waals surface area contributed by atoms with Gasteiger partial charge in [-0.15, -0.1) is 0 Å². The molecule has 1 atom stereocenters. The zero-order valence-corrected chi connectivity index (χ0v) is 20.9. The van der Waals surface area contributed by atoms with E-state index in [4.69, 9.17) is 14.1 Å². The first-order chi connectivity index (χ1) is 16.7. The van der Waals surface area contributed by atoms with E-state index in [9.17, 15) is 9.59 Å². The fourth-order valence-electron chi connectivity index (χ4n) is 4.11. The first-order valence-electron chi connectivity index (χ1n) is 11.6. The van der Waals surface area contributed by atoms with E-state index in [0.717, 1.165) is 16.9 Å². The highest BCUT2D eigenvalue weighted by molar-refractivity contribution is 6.04. The lowest BCUT2D eigenvalue weighted by Crippen LogP contribution is -2.37. The van der Waals surface area contributed by atoms with Crippen LogP contribution < -0.4 is 0 Å². The topological polar surface area (TPSA) is 90.5 Å². The number of fused-ring (bicyclic) bond motifs is 1. The van der Waals surface area contributed by atoms with E-state index in [0.29, 0.717) is 34.6 Å². The number of nitrogens with zero attached hydrogens (tertiary/aromatic N) is 4. The molecule has 0 aliphatic carbocycles. The molecule has 0 spiro atoms. The highest BCUT2D eigenvalue weighted by Gasteiger charge is 2.26. The van der Waals surface area contributed by atoms with Gasteiger partial charge in [-0.1, -0.05) is 30.3 Å². The molecule has 1 unspecified atom stereocenters. The van der Waals surface area contributed by atoms with E-state index >= 15 is 0 Å². The molecule has 0 aliphatic heterocycles. The van der Waals surface area contributed by atoms with E-state index in [1.807, 2.05) is 64.1 Å². The summed E-state index contributed by atoms with van der Waals surface area (Å²) in [5.74, 6) is 0.567. The maximum atomic E-state index is 13.3. The number of aryl methyl sites for hydroxylation is 2. The number of carbonyl (C=O) groups is 2. The highest BCUT2D eigenvalue weighted by Crippen LogP contribution is 2.30. The van der Waals surface area contributed by atoms with Crippen molar-refractivity contribution in [3.63, 3.8) is 0 Å². The Morgan fingerprint density at radius 1 is 1.11 bits per heavy atom. The number of likely N-dealkylation sites (N-methyl/N-ethyl adjacent to an activating group) is 1. The minimum Gasteiger partial charge on any atom is -0.466 e. The van der Waals surface area contributed by atoms with Crippen molar-refractivity contribution in [3.8, 4) is 11.3 Å². The molecule has 0 saturated heterocycles. The molecule has 0 N–H and O–H groups in total. The Hall–Kier alpha value is -3.94. The van der Waals surface area contributed by atoms with Gasteiger partial charge in [0.25, 0.3) is 5.91 Å². The third-order valence-corrected chi connectivity index (χ3v) is 5.86. The van der Waals surface area contributed by atoms with Gasteiger partial charge < -0.3 is 14.1 Å². The van der Waals surface area contributed by atoms with Crippen LogP contribution in [-0.2, 0) is 16.1 Å². The van der Waals surface area contributed by atoms with Crippen molar-refractivity contribution < 1.29 is 18.7 Å². The Kier molecular flexibility index (Phi) is 6.73. The van der Waals surface area contributed by atoms with E-state index < -0.39 is 12.1 Å². The monoisotopic (exact) mass is 474 g/mol. The van der Waals surface area contributed by atoms with Crippen molar-refractivity contribution in [3.05, 3.63) is 71.3 Å². The van der Waals surface area contributed by atoms with Crippen molar-refractivity contribution in [2.45, 2.75) is 53.3 Å². The zero-order valence-electron chi connectivity index (χ0n) is 20.9. The van der Waals surface area contributed by atoms with E-state index in [1.54, 1.807) is 35.8 Å². The summed E-state index contributed by atoms with van der Waals surface area (Å²) in [6.07, 6.45) is 0.658. The first-order valence-corrected chi connectivity index (χ1v) is 11.6. The Morgan fingerprint density at radius 3 is 2.46 bits per heavy atom. The Morgan fingerprint density at radius 2 is 1.83 bits per heavy atom. The van der Waals surface area contributed by atoms with Crippen molar-refractivity contribution in [2.24, 2.45) is 0 Å². The molecule has 182 valence electrons. The minimum atomic E-state index is -0.957. The van der Waals surface area contributed by atoms with Crippen LogP contribution in [0.25, 0.3) is 22.3 Å². The molecule has 0 radical (unpaired) electrons. The minimum absolute atomic E-state index is 0.0402. The Bertz CT molecular complexity index is 1370. The van der Waals surface area contributed by atoms with E-state index in [1.165, 1.54) is 0 Å². The van der Waals surface area contributed by atoms with Crippen molar-refractivity contribution in [1.29, 1.82) is 0 Å². The Labute approximate surface area is 204 Å². The SMILES string of the molecule is Cc1cc(-c2cc(C(=O)OC(C)C(=O)N(C)Cc3ccccc3)c3cnn(C(C)C)c3n2)c(C)o1. The molecule has 4 rings (SSSR count). The number of furan rings is 1. The summed E-state index contributed by atoms with van der Waals surface area (Å²) in [5, 5.41) is 5.01. The average Bonchev–Trinajstić information content (AvgIpc) is 3.40. The molecule has 8 nitrogen and oxygen atoms in total. The number of rotatable bonds is 7. The van der Waals surface area contributed by atoms with Gasteiger partial charge in [0.2, 0.25) is 0 Å². The second-order valence-electron chi connectivity index (χ2n) is 9.03. The summed E-state index contributed by atoms with van der Waals surface area (Å²) in [6.45, 7) is 9.72. The van der Waals surface area contributed by atoms with E-state index in [-0.39, 0.29) is 11.9 Å². The third kappa shape index (κ3) is 4.96. The zero-order chi connectivity index (χ0) is 25.3. The number of carbonyl (C=O) groups excluding carboxylic acids is 2. The lowest BCUT2D eigenvalue weighted by Gasteiger charge is -2.21. The van der Waals surface area contributed by atoms with Gasteiger partial charge >= 0.3 is 5.97 Å². The molecule has 0 saturated carbocycles. The number of ether oxygens (including phenoxy) is 1. The molecule has 1 amide bonds. The highest BCUT2D eigenvalue weighted by atomic mass is 16.5. The fourth-order valence-corrected chi connectivity index (χ4v) is 4.11. The van der Waals surface area contributed by atoms with Crippen LogP contribution in [0.15, 0.2) is 53.1 Å². The second kappa shape index (κ2) is 9.74. The summed E-state index contributed by atoms with van der Waals surface area (Å²) in [4.78, 5) is 32.6. The molecule has 0 bridgehead atoms. The quantitative estimate of drug-likeness (QED) is 0.347. The van der Waals surface area contributed by atoms with Gasteiger partial charge in [0.15, 0.2) is 11.8 Å². The van der Waals surface area contributed by atoms with Gasteiger partial charge in [0.1, 0.15) is 11.5 Å². The summed E-state index contributed by atoms with van der Waals surface area (Å²) >= 11 is 0. The molecule has 3 aromatic heterocycles. The van der Waals surface area contributed by atoms with Gasteiger partial charge in [-0.25, -0.2) is 14.5 Å². The lowest BCUT2D eigenvalue weighted by atomic mass is 10.1. The second-order valence-corrected chi connectivity index (χ2v) is 9.03. The third-order valence-electron chi connectivity index (χ3n) is 5.86. The standard InChI is InChI=1S/C27H30N4O4/c1-16(2)31-25-23(14-28-31)22(13-24(29-25)21-12-17(3)34-18(21)4)27(33)35-19(5)26(32)30(6)15-20-10-8-7-9-11-20/h7-14,16,19H,15H2,1-6H3. The molecule has 0 aliphatic rings. The lowest BCUT2D eigenvalue weighted by molar-refractivity contribution is -0.139. The average molecular weight is 475 g/mol. The molecule has 4 aromatic rings. The molecule has 8 heteroatoms. The number of hydrogen-bond donors (Lipinski definition) is 0. The molecular formula is C27H30N4O4. The molecule has 1 aromatic carbocycles. The number of benzene rings is 1. The van der Waals surface area contributed by atoms with Crippen LogP contribution >= 0.6 is 0 Å². The van der Waals surface area contributed by atoms with Crippen molar-refractivity contribution in [1.82, 2.24) is 19.7 Å². The van der Waals surface area contributed by atoms with Gasteiger partial charge in [0.05, 0.1) is 22.8 Å². The van der Waals surface area contributed by atoms with E-state index in [2.05, 4.69) is 5.10 Å². The van der Waals surface area contributed by atoms with Crippen molar-refractivity contribution >= 4 is 22.9 Å². The fraction of sp³-hybridized carbons (Fsp3) is 0.333. The van der Waals surface area contributed by atoms with Crippen molar-refractivity contribution in [2.75, 3.05) is 7.05 Å². The number of pyridine rings is 1. The number of hydrogen-bond acceptors (Lipinski definition) is 6. The molecular weight excluding hydrogens is 444 g/mol. The van der Waals surface area contributed by atoms with Gasteiger partial charge in [-0.05, 0) is 52.3 Å². The van der Waals surface area contributed by atoms with Crippen LogP contribution in [-0.4, -0.2) is 44.7 Å². The predicted octanol–water partition coefficient (Wildman–Crippen LogP) is 5.09. The summed E-state index contributed by atoms with van der Waals surface area (Å²) in [6, 6.07) is 13.3. The maximum absolute atomic E-state index is 13.3. The normalized spacial score (nSPS) is 12.2. The summed E-state index contributed by atoms with van der Waals surface area (Å²) in [5.41, 5.74) is 3.25. The largest absolute Gasteiger partial charge is 0.466 e. The van der Waals surface area contributed by atoms with Crippen LogP contribution in [0.3, 0.4) is 0 Å². The van der Waals surface area contributed by atoms with Crippen LogP contribution in [0.1, 0.15) is 54.3 Å². The molecule has 0 fully saturated rings. The Balaban J connectivity index is 1.64.